The number of piperazine rings is 1. The second-order valence-electron chi connectivity index (χ2n) is 5.32. The minimum atomic E-state index is -0.250. The molecule has 7 nitrogen and oxygen atoms in total. The molecule has 3 rings (SSSR count). The number of nitrogens with zero attached hydrogens (tertiary/aromatic N) is 3. The van der Waals surface area contributed by atoms with Gasteiger partial charge in [-0.05, 0) is 13.3 Å². The van der Waals surface area contributed by atoms with Crippen molar-refractivity contribution in [1.82, 2.24) is 15.1 Å². The van der Waals surface area contributed by atoms with Gasteiger partial charge in [0.25, 0.3) is 5.91 Å². The van der Waals surface area contributed by atoms with Gasteiger partial charge in [0.2, 0.25) is 5.43 Å². The maximum Gasteiger partial charge on any atom is 0.275 e. The molecule has 2 heterocycles. The Morgan fingerprint density at radius 1 is 1.33 bits per heavy atom. The summed E-state index contributed by atoms with van der Waals surface area (Å²) in [5.74, 6) is -0.338. The number of H-pyrrole nitrogens is 1. The van der Waals surface area contributed by atoms with Gasteiger partial charge in [-0.3, -0.25) is 14.7 Å². The van der Waals surface area contributed by atoms with E-state index in [9.17, 15) is 14.7 Å². The molecule has 21 heavy (non-hydrogen) atoms. The molecule has 1 saturated heterocycles. The van der Waals surface area contributed by atoms with Crippen LogP contribution in [0, 0.1) is 6.92 Å². The number of aromatic nitrogens is 2. The van der Waals surface area contributed by atoms with Crippen LogP contribution < -0.4 is 10.3 Å². The Bertz CT molecular complexity index is 688. The molecule has 0 atom stereocenters. The van der Waals surface area contributed by atoms with Crippen LogP contribution in [0.2, 0.25) is 0 Å². The molecular formula is C14H18N4O3. The highest BCUT2D eigenvalue weighted by Crippen LogP contribution is 2.25. The van der Waals surface area contributed by atoms with Crippen molar-refractivity contribution in [3.05, 3.63) is 27.2 Å². The first-order valence-electron chi connectivity index (χ1n) is 7.10. The van der Waals surface area contributed by atoms with Crippen molar-refractivity contribution in [3.8, 4) is 5.75 Å². The third-order valence-electron chi connectivity index (χ3n) is 4.08. The maximum absolute atomic E-state index is 12.3. The molecule has 0 aliphatic carbocycles. The number of nitrogens with one attached hydrogen (secondary N) is 1. The van der Waals surface area contributed by atoms with E-state index in [4.69, 9.17) is 0 Å². The summed E-state index contributed by atoms with van der Waals surface area (Å²) in [7, 11) is 0. The summed E-state index contributed by atoms with van der Waals surface area (Å²) in [5.41, 5.74) is 2.47. The highest BCUT2D eigenvalue weighted by Gasteiger charge is 2.31. The molecule has 0 unspecified atom stereocenters. The average Bonchev–Trinajstić information content (AvgIpc) is 3.04. The summed E-state index contributed by atoms with van der Waals surface area (Å²) in [6.45, 7) is 5.96. The molecule has 1 aliphatic heterocycles. The lowest BCUT2D eigenvalue weighted by atomic mass is 10.2. The van der Waals surface area contributed by atoms with E-state index in [1.54, 1.807) is 11.8 Å². The monoisotopic (exact) mass is 290 g/mol. The molecule has 1 fully saturated rings. The van der Waals surface area contributed by atoms with Crippen molar-refractivity contribution in [1.29, 1.82) is 0 Å². The summed E-state index contributed by atoms with van der Waals surface area (Å²) in [6, 6.07) is 0. The van der Waals surface area contributed by atoms with Crippen LogP contribution in [-0.2, 0) is 6.42 Å². The normalized spacial score (nSPS) is 15.9. The van der Waals surface area contributed by atoms with Gasteiger partial charge < -0.3 is 14.9 Å². The first kappa shape index (κ1) is 13.7. The lowest BCUT2D eigenvalue weighted by molar-refractivity contribution is 0.0738. The Morgan fingerprint density at radius 2 is 2.00 bits per heavy atom. The predicted octanol–water partition coefficient (Wildman–Crippen LogP) is 0.184. The van der Waals surface area contributed by atoms with E-state index in [1.807, 2.05) is 11.8 Å². The Kier molecular flexibility index (Phi) is 3.19. The highest BCUT2D eigenvalue weighted by molar-refractivity contribution is 5.95. The van der Waals surface area contributed by atoms with Crippen LogP contribution in [-0.4, -0.2) is 52.3 Å². The molecule has 1 aromatic heterocycles. The Hall–Kier alpha value is -2.31. The number of aromatic hydroxyl groups is 1. The largest absolute Gasteiger partial charge is 0.504 e. The van der Waals surface area contributed by atoms with Crippen LogP contribution >= 0.6 is 0 Å². The lowest BCUT2D eigenvalue weighted by Crippen LogP contribution is -2.48. The molecule has 0 radical (unpaired) electrons. The molecule has 0 spiro atoms. The third-order valence-corrected chi connectivity index (χ3v) is 4.08. The number of carbonyl (C=O) groups excluding carboxylic acids is 1. The van der Waals surface area contributed by atoms with Crippen LogP contribution in [0.1, 0.15) is 28.7 Å². The first-order chi connectivity index (χ1) is 10.0. The predicted molar refractivity (Wildman–Crippen MR) is 77.6 cm³/mol. The number of aromatic amines is 1. The topological polar surface area (TPSA) is 89.5 Å². The molecule has 1 aliphatic rings. The van der Waals surface area contributed by atoms with Crippen LogP contribution in [0.3, 0.4) is 0 Å². The van der Waals surface area contributed by atoms with Crippen molar-refractivity contribution in [3.63, 3.8) is 0 Å². The van der Waals surface area contributed by atoms with Crippen LogP contribution in [0.15, 0.2) is 4.79 Å². The fourth-order valence-corrected chi connectivity index (χ4v) is 2.73. The van der Waals surface area contributed by atoms with Gasteiger partial charge in [-0.15, -0.1) is 0 Å². The smallest absolute Gasteiger partial charge is 0.275 e. The quantitative estimate of drug-likeness (QED) is 0.842. The van der Waals surface area contributed by atoms with Crippen LogP contribution in [0.5, 0.6) is 5.75 Å². The van der Waals surface area contributed by atoms with Crippen molar-refractivity contribution >= 4 is 11.6 Å². The Morgan fingerprint density at radius 3 is 2.48 bits per heavy atom. The maximum atomic E-state index is 12.3. The van der Waals surface area contributed by atoms with E-state index in [1.165, 1.54) is 0 Å². The van der Waals surface area contributed by atoms with Crippen molar-refractivity contribution < 1.29 is 9.90 Å². The first-order valence-corrected chi connectivity index (χ1v) is 7.10. The molecule has 7 heteroatoms. The van der Waals surface area contributed by atoms with E-state index >= 15 is 0 Å². The fraction of sp³-hybridized carbons (Fsp3) is 0.500. The van der Waals surface area contributed by atoms with Crippen molar-refractivity contribution in [2.24, 2.45) is 0 Å². The number of hydrogen-bond donors (Lipinski definition) is 2. The molecular weight excluding hydrogens is 272 g/mol. The zero-order chi connectivity index (χ0) is 15.1. The third kappa shape index (κ3) is 2.18. The van der Waals surface area contributed by atoms with Gasteiger partial charge in [0.15, 0.2) is 11.4 Å². The van der Waals surface area contributed by atoms with Gasteiger partial charge in [-0.1, -0.05) is 6.92 Å². The molecule has 1 aromatic carbocycles. The summed E-state index contributed by atoms with van der Waals surface area (Å²) >= 11 is 0. The van der Waals surface area contributed by atoms with E-state index in [0.717, 1.165) is 17.7 Å². The average molecular weight is 290 g/mol. The molecule has 2 N–H and O–H groups in total. The van der Waals surface area contributed by atoms with E-state index in [-0.39, 0.29) is 22.8 Å². The van der Waals surface area contributed by atoms with Gasteiger partial charge in [0, 0.05) is 31.7 Å². The summed E-state index contributed by atoms with van der Waals surface area (Å²) < 4.78 is 0. The second-order valence-corrected chi connectivity index (χ2v) is 5.32. The number of carbonyl (C=O) groups is 1. The van der Waals surface area contributed by atoms with E-state index < -0.39 is 0 Å². The minimum Gasteiger partial charge on any atom is -0.504 e. The van der Waals surface area contributed by atoms with Gasteiger partial charge in [0.05, 0.1) is 5.69 Å². The van der Waals surface area contributed by atoms with Gasteiger partial charge in [-0.2, -0.15) is 5.10 Å². The molecule has 2 aromatic rings. The van der Waals surface area contributed by atoms with Crippen LogP contribution in [0.25, 0.3) is 0 Å². The Labute approximate surface area is 121 Å². The summed E-state index contributed by atoms with van der Waals surface area (Å²) in [5, 5.41) is 16.2. The standard InChI is InChI=1S/C14H18N4O3/c1-3-9-11(13(9)20)17-4-6-18(7-5-17)14(21)10-12(19)8(2)15-16-10/h19H,3-7H2,1-2H3,(H,15,16). The van der Waals surface area contributed by atoms with Gasteiger partial charge >= 0.3 is 0 Å². The number of amides is 1. The number of rotatable bonds is 3. The lowest BCUT2D eigenvalue weighted by Gasteiger charge is -2.34. The molecule has 112 valence electrons. The number of hydrogen-bond acceptors (Lipinski definition) is 5. The Balaban J connectivity index is 1.65. The minimum absolute atomic E-state index is 0.0872. The zero-order valence-electron chi connectivity index (χ0n) is 12.1. The fourth-order valence-electron chi connectivity index (χ4n) is 2.73. The molecule has 0 bridgehead atoms. The summed E-state index contributed by atoms with van der Waals surface area (Å²) in [4.78, 5) is 27.6. The van der Waals surface area contributed by atoms with Gasteiger partial charge in [-0.25, -0.2) is 0 Å². The molecule has 0 saturated carbocycles. The van der Waals surface area contributed by atoms with Crippen LogP contribution in [0.4, 0.5) is 5.69 Å². The van der Waals surface area contributed by atoms with Crippen molar-refractivity contribution in [2.75, 3.05) is 31.1 Å². The second kappa shape index (κ2) is 4.91. The number of aryl methyl sites for hydroxylation is 1. The SMILES string of the molecule is CCc1c(N2CCN(C(=O)c3[nH]nc(C)c3O)CC2)c1=O. The number of anilines is 1. The highest BCUT2D eigenvalue weighted by atomic mass is 16.3. The van der Waals surface area contributed by atoms with Crippen molar-refractivity contribution in [2.45, 2.75) is 20.3 Å². The van der Waals surface area contributed by atoms with E-state index in [2.05, 4.69) is 10.2 Å². The molecule has 1 amide bonds. The summed E-state index contributed by atoms with van der Waals surface area (Å²) in [6.07, 6.45) is 0.772. The van der Waals surface area contributed by atoms with Gasteiger partial charge in [0.1, 0.15) is 5.69 Å². The van der Waals surface area contributed by atoms with E-state index in [0.29, 0.717) is 31.9 Å². The zero-order valence-corrected chi connectivity index (χ0v) is 12.1.